The Hall–Kier alpha value is -0.710. The Kier molecular flexibility index (Phi) is 25.1. The summed E-state index contributed by atoms with van der Waals surface area (Å²) in [6.07, 6.45) is 0. The van der Waals surface area contributed by atoms with E-state index in [4.69, 9.17) is 15.5 Å². The van der Waals surface area contributed by atoms with Crippen molar-refractivity contribution in [3.05, 3.63) is 0 Å². The van der Waals surface area contributed by atoms with Gasteiger partial charge in [0.25, 0.3) is 0 Å². The van der Waals surface area contributed by atoms with E-state index in [0.29, 0.717) is 0 Å². The number of aliphatic carboxylic acids is 4. The minimum atomic E-state index is -1.51. The van der Waals surface area contributed by atoms with Gasteiger partial charge in [0.2, 0.25) is 0 Å². The number of carbonyl (C=O) groups excluding carboxylic acids is 2. The fourth-order valence-corrected chi connectivity index (χ4v) is 1.46. The molecule has 13 heteroatoms. The third kappa shape index (κ3) is 25.6. The zero-order valence-corrected chi connectivity index (χ0v) is 18.4. The van der Waals surface area contributed by atoms with Gasteiger partial charge in [-0.1, -0.05) is 0 Å². The van der Waals surface area contributed by atoms with Gasteiger partial charge in [0.05, 0.1) is 31.1 Å². The first-order valence-electron chi connectivity index (χ1n) is 6.21. The molecule has 0 aromatic carbocycles. The zero-order chi connectivity index (χ0) is 18.4. The first-order chi connectivity index (χ1) is 10.6. The van der Waals surface area contributed by atoms with Gasteiger partial charge in [-0.15, -0.1) is 0 Å². The van der Waals surface area contributed by atoms with Gasteiger partial charge in [0.15, 0.2) is 0 Å². The fraction of sp³-hybridized carbons (Fsp3) is 0.583. The molecular formula is C12H17N3Na2O8. The van der Waals surface area contributed by atoms with Gasteiger partial charge in [-0.25, -0.2) is 0 Å². The number of hydrogen-bond donors (Lipinski definition) is 2. The average Bonchev–Trinajstić information content (AvgIpc) is 2.33. The van der Waals surface area contributed by atoms with Crippen LogP contribution < -0.4 is 69.3 Å². The largest absolute Gasteiger partial charge is 1.00 e. The van der Waals surface area contributed by atoms with Crippen LogP contribution in [0.4, 0.5) is 0 Å². The van der Waals surface area contributed by atoms with Crippen LogP contribution in [-0.4, -0.2) is 83.2 Å². The molecular weight excluding hydrogens is 360 g/mol. The second-order valence-electron chi connectivity index (χ2n) is 4.18. The SMILES string of the molecule is CC#N.O=C([O-])CN(CCN(CC(=O)O)CC(=O)O)CC(=O)[O-].[Na+].[Na+]. The molecule has 0 radical (unpaired) electrons. The van der Waals surface area contributed by atoms with E-state index < -0.39 is 50.1 Å². The third-order valence-electron chi connectivity index (χ3n) is 2.16. The van der Waals surface area contributed by atoms with E-state index in [-0.39, 0.29) is 72.2 Å². The van der Waals surface area contributed by atoms with Crippen LogP contribution in [-0.2, 0) is 19.2 Å². The zero-order valence-electron chi connectivity index (χ0n) is 14.4. The second-order valence-corrected chi connectivity index (χ2v) is 4.18. The van der Waals surface area contributed by atoms with Crippen LogP contribution in [0.5, 0.6) is 0 Å². The van der Waals surface area contributed by atoms with Crippen LogP contribution in [0.3, 0.4) is 0 Å². The number of carbonyl (C=O) groups is 4. The summed E-state index contributed by atoms with van der Waals surface area (Å²) in [6, 6.07) is 1.75. The fourth-order valence-electron chi connectivity index (χ4n) is 1.46. The quantitative estimate of drug-likeness (QED) is 0.326. The van der Waals surface area contributed by atoms with E-state index in [1.165, 1.54) is 6.92 Å². The van der Waals surface area contributed by atoms with Gasteiger partial charge in [-0.2, -0.15) is 5.26 Å². The van der Waals surface area contributed by atoms with E-state index in [1.54, 1.807) is 6.07 Å². The van der Waals surface area contributed by atoms with Crippen molar-refractivity contribution in [3.63, 3.8) is 0 Å². The van der Waals surface area contributed by atoms with Crippen molar-refractivity contribution in [2.24, 2.45) is 0 Å². The van der Waals surface area contributed by atoms with Gasteiger partial charge in [0.1, 0.15) is 0 Å². The normalized spacial score (nSPS) is 8.88. The monoisotopic (exact) mass is 377 g/mol. The molecule has 130 valence electrons. The first kappa shape index (κ1) is 32.0. The Morgan fingerprint density at radius 3 is 1.28 bits per heavy atom. The molecule has 0 aromatic rings. The molecule has 0 bridgehead atoms. The molecule has 0 aliphatic carbocycles. The Bertz CT molecular complexity index is 402. The van der Waals surface area contributed by atoms with E-state index in [2.05, 4.69) is 0 Å². The van der Waals surface area contributed by atoms with E-state index in [1.807, 2.05) is 0 Å². The van der Waals surface area contributed by atoms with Crippen LogP contribution in [0.25, 0.3) is 0 Å². The average molecular weight is 377 g/mol. The van der Waals surface area contributed by atoms with E-state index >= 15 is 0 Å². The summed E-state index contributed by atoms with van der Waals surface area (Å²) in [7, 11) is 0. The Morgan fingerprint density at radius 2 is 1.08 bits per heavy atom. The predicted octanol–water partition coefficient (Wildman–Crippen LogP) is -10.2. The van der Waals surface area contributed by atoms with Crippen molar-refractivity contribution in [1.29, 1.82) is 5.26 Å². The minimum absolute atomic E-state index is 0. The topological polar surface area (TPSA) is 185 Å². The van der Waals surface area contributed by atoms with Gasteiger partial charge < -0.3 is 30.0 Å². The molecule has 25 heavy (non-hydrogen) atoms. The number of rotatable bonds is 11. The van der Waals surface area contributed by atoms with Crippen LogP contribution in [0.15, 0.2) is 0 Å². The van der Waals surface area contributed by atoms with Gasteiger partial charge in [-0.3, -0.25) is 19.4 Å². The summed E-state index contributed by atoms with van der Waals surface area (Å²) < 4.78 is 0. The number of nitriles is 1. The molecule has 0 spiro atoms. The standard InChI is InChI=1S/C10H16N2O8.C2H3N.2Na/c13-7(14)3-11(4-8(15)16)1-2-12(5-9(17)18)6-10(19)20;1-2-3;;/h1-6H2,(H,13,14)(H,15,16)(H,17,18)(H,19,20);1H3;;/q;;2*+1/p-2. The van der Waals surface area contributed by atoms with Crippen molar-refractivity contribution < 1.29 is 98.7 Å². The molecule has 0 rings (SSSR count). The summed E-state index contributed by atoms with van der Waals surface area (Å²) >= 11 is 0. The van der Waals surface area contributed by atoms with Gasteiger partial charge in [-0.05, 0) is 0 Å². The van der Waals surface area contributed by atoms with Crippen LogP contribution in [0, 0.1) is 11.3 Å². The van der Waals surface area contributed by atoms with E-state index in [0.717, 1.165) is 9.80 Å². The molecule has 0 saturated heterocycles. The Balaban J connectivity index is -0.000000409. The molecule has 0 aliphatic heterocycles. The third-order valence-corrected chi connectivity index (χ3v) is 2.16. The summed E-state index contributed by atoms with van der Waals surface area (Å²) in [5, 5.41) is 45.4. The number of carboxylic acid groups (broad SMARTS) is 4. The van der Waals surface area contributed by atoms with E-state index in [9.17, 15) is 29.4 Å². The smallest absolute Gasteiger partial charge is 0.549 e. The van der Waals surface area contributed by atoms with Crippen LogP contribution >= 0.6 is 0 Å². The maximum absolute atomic E-state index is 10.5. The number of nitrogens with zero attached hydrogens (tertiary/aromatic N) is 3. The van der Waals surface area contributed by atoms with Crippen LogP contribution in [0.1, 0.15) is 6.92 Å². The molecule has 0 aliphatic rings. The summed E-state index contributed by atoms with van der Waals surface area (Å²) in [5.74, 6) is -5.52. The molecule has 0 saturated carbocycles. The molecule has 0 amide bonds. The van der Waals surface area contributed by atoms with Gasteiger partial charge in [0, 0.05) is 33.1 Å². The molecule has 0 aromatic heterocycles. The summed E-state index contributed by atoms with van der Waals surface area (Å²) in [5.41, 5.74) is 0. The molecule has 0 unspecified atom stereocenters. The number of hydrogen-bond acceptors (Lipinski definition) is 9. The maximum atomic E-state index is 10.5. The minimum Gasteiger partial charge on any atom is -0.549 e. The maximum Gasteiger partial charge on any atom is 1.00 e. The number of carboxylic acids is 4. The van der Waals surface area contributed by atoms with Gasteiger partial charge >= 0.3 is 71.1 Å². The van der Waals surface area contributed by atoms with Crippen molar-refractivity contribution in [2.45, 2.75) is 6.92 Å². The molecule has 0 atom stereocenters. The summed E-state index contributed by atoms with van der Waals surface area (Å²) in [4.78, 5) is 43.9. The Labute approximate surface area is 188 Å². The Morgan fingerprint density at radius 1 is 0.840 bits per heavy atom. The first-order valence-corrected chi connectivity index (χ1v) is 6.21. The van der Waals surface area contributed by atoms with Crippen LogP contribution in [0.2, 0.25) is 0 Å². The molecule has 0 heterocycles. The molecule has 2 N–H and O–H groups in total. The van der Waals surface area contributed by atoms with Crippen molar-refractivity contribution in [1.82, 2.24) is 9.80 Å². The second kappa shape index (κ2) is 19.6. The molecule has 11 nitrogen and oxygen atoms in total. The van der Waals surface area contributed by atoms with Crippen molar-refractivity contribution in [3.8, 4) is 6.07 Å². The summed E-state index contributed by atoms with van der Waals surface area (Å²) in [6.45, 7) is -1.32. The predicted molar refractivity (Wildman–Crippen MR) is 69.5 cm³/mol. The molecule has 0 fully saturated rings. The van der Waals surface area contributed by atoms with Crippen molar-refractivity contribution >= 4 is 23.9 Å². The van der Waals surface area contributed by atoms with Crippen molar-refractivity contribution in [2.75, 3.05) is 39.3 Å².